The van der Waals surface area contributed by atoms with E-state index in [2.05, 4.69) is 9.98 Å². The van der Waals surface area contributed by atoms with Gasteiger partial charge < -0.3 is 11.5 Å². The number of hydrogen-bond donors (Lipinski definition) is 2. The highest BCUT2D eigenvalue weighted by Crippen LogP contribution is 2.24. The van der Waals surface area contributed by atoms with Crippen molar-refractivity contribution in [3.05, 3.63) is 0 Å². The zero-order valence-corrected chi connectivity index (χ0v) is 12.7. The Labute approximate surface area is 123 Å². The van der Waals surface area contributed by atoms with Crippen molar-refractivity contribution in [1.29, 1.82) is 0 Å². The normalized spacial score (nSPS) is 24.0. The Morgan fingerprint density at radius 2 is 1.00 bits per heavy atom. The van der Waals surface area contributed by atoms with Crippen LogP contribution in [-0.2, 0) is 0 Å². The predicted octanol–water partition coefficient (Wildman–Crippen LogP) is 2.86. The number of rotatable bonds is 5. The Morgan fingerprint density at radius 3 is 1.35 bits per heavy atom. The molecule has 0 amide bonds. The van der Waals surface area contributed by atoms with E-state index in [1.54, 1.807) is 0 Å². The van der Waals surface area contributed by atoms with E-state index in [1.165, 1.54) is 64.2 Å². The fourth-order valence-corrected chi connectivity index (χ4v) is 3.41. The highest BCUT2D eigenvalue weighted by atomic mass is 14.9. The van der Waals surface area contributed by atoms with Crippen molar-refractivity contribution >= 4 is 11.7 Å². The molecule has 20 heavy (non-hydrogen) atoms. The van der Waals surface area contributed by atoms with Gasteiger partial charge in [-0.05, 0) is 25.7 Å². The van der Waals surface area contributed by atoms with Gasteiger partial charge in [0, 0.05) is 11.8 Å². The first kappa shape index (κ1) is 15.3. The number of nitrogens with two attached hydrogens (primary N) is 2. The largest absolute Gasteiger partial charge is 0.387 e. The number of nitrogens with zero attached hydrogens (tertiary/aromatic N) is 2. The standard InChI is InChI=1S/C16H30N4/c17-15(13-7-3-1-4-8-13)19-11-12-20-16(18)14-9-5-2-6-10-14/h13-14H,1-12H2,(H2,17,19)(H2,18,20). The summed E-state index contributed by atoms with van der Waals surface area (Å²) in [5.41, 5.74) is 12.2. The second kappa shape index (κ2) is 8.28. The lowest BCUT2D eigenvalue weighted by Crippen LogP contribution is -2.27. The minimum atomic E-state index is 0.517. The van der Waals surface area contributed by atoms with E-state index >= 15 is 0 Å². The smallest absolute Gasteiger partial charge is 0.0969 e. The molecule has 2 aliphatic carbocycles. The van der Waals surface area contributed by atoms with Crippen LogP contribution in [0.25, 0.3) is 0 Å². The average Bonchev–Trinajstić information content (AvgIpc) is 2.53. The van der Waals surface area contributed by atoms with Gasteiger partial charge in [-0.25, -0.2) is 0 Å². The Kier molecular flexibility index (Phi) is 6.34. The molecule has 0 aromatic heterocycles. The lowest BCUT2D eigenvalue weighted by molar-refractivity contribution is 0.435. The first-order valence-corrected chi connectivity index (χ1v) is 8.37. The van der Waals surface area contributed by atoms with E-state index in [4.69, 9.17) is 11.5 Å². The van der Waals surface area contributed by atoms with Gasteiger partial charge in [-0.2, -0.15) is 0 Å². The summed E-state index contributed by atoms with van der Waals surface area (Å²) in [7, 11) is 0. The second-order valence-corrected chi connectivity index (χ2v) is 6.28. The molecule has 0 aliphatic heterocycles. The summed E-state index contributed by atoms with van der Waals surface area (Å²) in [6.07, 6.45) is 12.7. The van der Waals surface area contributed by atoms with Gasteiger partial charge >= 0.3 is 0 Å². The Morgan fingerprint density at radius 1 is 0.650 bits per heavy atom. The Hall–Kier alpha value is -1.06. The first-order chi connectivity index (χ1) is 9.77. The molecule has 2 saturated carbocycles. The second-order valence-electron chi connectivity index (χ2n) is 6.28. The molecule has 0 bridgehead atoms. The minimum absolute atomic E-state index is 0.517. The van der Waals surface area contributed by atoms with E-state index in [9.17, 15) is 0 Å². The molecular weight excluding hydrogens is 248 g/mol. The quantitative estimate of drug-likeness (QED) is 0.461. The molecule has 4 N–H and O–H groups in total. The van der Waals surface area contributed by atoms with Crippen LogP contribution >= 0.6 is 0 Å². The van der Waals surface area contributed by atoms with Gasteiger partial charge in [0.15, 0.2) is 0 Å². The topological polar surface area (TPSA) is 76.8 Å². The third-order valence-electron chi connectivity index (χ3n) is 4.74. The van der Waals surface area contributed by atoms with Crippen LogP contribution in [0.15, 0.2) is 9.98 Å². The summed E-state index contributed by atoms with van der Waals surface area (Å²) >= 11 is 0. The van der Waals surface area contributed by atoms with E-state index in [0.717, 1.165) is 11.7 Å². The third-order valence-corrected chi connectivity index (χ3v) is 4.74. The molecule has 0 spiro atoms. The van der Waals surface area contributed by atoms with Crippen molar-refractivity contribution in [2.75, 3.05) is 13.1 Å². The van der Waals surface area contributed by atoms with Crippen LogP contribution in [-0.4, -0.2) is 24.8 Å². The van der Waals surface area contributed by atoms with Crippen LogP contribution in [0.2, 0.25) is 0 Å². The van der Waals surface area contributed by atoms with Gasteiger partial charge in [0.1, 0.15) is 0 Å². The van der Waals surface area contributed by atoms with Gasteiger partial charge in [-0.3, -0.25) is 9.98 Å². The fraction of sp³-hybridized carbons (Fsp3) is 0.875. The van der Waals surface area contributed by atoms with Crippen LogP contribution in [0.5, 0.6) is 0 Å². The van der Waals surface area contributed by atoms with Crippen LogP contribution < -0.4 is 11.5 Å². The van der Waals surface area contributed by atoms with E-state index in [0.29, 0.717) is 24.9 Å². The van der Waals surface area contributed by atoms with Crippen LogP contribution in [0, 0.1) is 11.8 Å². The maximum Gasteiger partial charge on any atom is 0.0969 e. The van der Waals surface area contributed by atoms with Gasteiger partial charge in [0.25, 0.3) is 0 Å². The zero-order chi connectivity index (χ0) is 14.2. The predicted molar refractivity (Wildman–Crippen MR) is 86.1 cm³/mol. The van der Waals surface area contributed by atoms with Crippen molar-refractivity contribution in [2.24, 2.45) is 33.3 Å². The van der Waals surface area contributed by atoms with Gasteiger partial charge in [-0.15, -0.1) is 0 Å². The van der Waals surface area contributed by atoms with Gasteiger partial charge in [0.05, 0.1) is 24.8 Å². The summed E-state index contributed by atoms with van der Waals surface area (Å²) < 4.78 is 0. The molecule has 0 radical (unpaired) electrons. The molecule has 0 aromatic rings. The van der Waals surface area contributed by atoms with Crippen LogP contribution in [0.3, 0.4) is 0 Å². The third kappa shape index (κ3) is 4.80. The van der Waals surface area contributed by atoms with Gasteiger partial charge in [-0.1, -0.05) is 38.5 Å². The van der Waals surface area contributed by atoms with Crippen molar-refractivity contribution < 1.29 is 0 Å². The average molecular weight is 278 g/mol. The Bertz CT molecular complexity index is 302. The molecule has 0 saturated heterocycles. The van der Waals surface area contributed by atoms with Crippen LogP contribution in [0.4, 0.5) is 0 Å². The molecule has 114 valence electrons. The molecule has 0 unspecified atom stereocenters. The van der Waals surface area contributed by atoms with E-state index in [1.807, 2.05) is 0 Å². The minimum Gasteiger partial charge on any atom is -0.387 e. The molecule has 2 fully saturated rings. The monoisotopic (exact) mass is 278 g/mol. The van der Waals surface area contributed by atoms with Crippen molar-refractivity contribution in [2.45, 2.75) is 64.2 Å². The lowest BCUT2D eigenvalue weighted by Gasteiger charge is -2.21. The lowest BCUT2D eigenvalue weighted by atomic mass is 9.88. The summed E-state index contributed by atoms with van der Waals surface area (Å²) in [6.45, 7) is 1.38. The van der Waals surface area contributed by atoms with Crippen molar-refractivity contribution in [3.8, 4) is 0 Å². The fourth-order valence-electron chi connectivity index (χ4n) is 3.41. The van der Waals surface area contributed by atoms with E-state index in [-0.39, 0.29) is 0 Å². The van der Waals surface area contributed by atoms with Crippen molar-refractivity contribution in [1.82, 2.24) is 0 Å². The zero-order valence-electron chi connectivity index (χ0n) is 12.7. The summed E-state index contributed by atoms with van der Waals surface area (Å²) in [4.78, 5) is 8.99. The maximum atomic E-state index is 6.08. The highest BCUT2D eigenvalue weighted by molar-refractivity contribution is 5.83. The highest BCUT2D eigenvalue weighted by Gasteiger charge is 2.17. The molecular formula is C16H30N4. The molecule has 0 aromatic carbocycles. The van der Waals surface area contributed by atoms with Crippen molar-refractivity contribution in [3.63, 3.8) is 0 Å². The molecule has 4 nitrogen and oxygen atoms in total. The molecule has 0 atom stereocenters. The number of amidine groups is 2. The summed E-state index contributed by atoms with van der Waals surface area (Å²) in [6, 6.07) is 0. The summed E-state index contributed by atoms with van der Waals surface area (Å²) in [5, 5.41) is 0. The number of aliphatic imine (C=N–C) groups is 2. The first-order valence-electron chi connectivity index (χ1n) is 8.37. The number of hydrogen-bond acceptors (Lipinski definition) is 2. The molecule has 2 rings (SSSR count). The molecule has 0 heterocycles. The Balaban J connectivity index is 1.71. The SMILES string of the molecule is NC(=NCCN=C(N)C1CCCCC1)C1CCCCC1. The molecule has 4 heteroatoms. The maximum absolute atomic E-state index is 6.08. The van der Waals surface area contributed by atoms with E-state index < -0.39 is 0 Å². The molecule has 2 aliphatic rings. The summed E-state index contributed by atoms with van der Waals surface area (Å²) in [5.74, 6) is 2.72. The van der Waals surface area contributed by atoms with Crippen LogP contribution in [0.1, 0.15) is 64.2 Å². The van der Waals surface area contributed by atoms with Gasteiger partial charge in [0.2, 0.25) is 0 Å².